The number of carboxylic acids is 1. The van der Waals surface area contributed by atoms with E-state index in [0.29, 0.717) is 6.42 Å². The van der Waals surface area contributed by atoms with Crippen LogP contribution in [-0.4, -0.2) is 28.8 Å². The molecule has 0 aliphatic heterocycles. The average molecular weight is 230 g/mol. The lowest BCUT2D eigenvalue weighted by molar-refractivity contribution is -0.261. The summed E-state index contributed by atoms with van der Waals surface area (Å²) in [7, 11) is 0. The molecule has 0 heterocycles. The van der Waals surface area contributed by atoms with E-state index in [1.165, 1.54) is 0 Å². The van der Waals surface area contributed by atoms with E-state index >= 15 is 0 Å². The van der Waals surface area contributed by atoms with Gasteiger partial charge in [-0.15, -0.1) is 0 Å². The van der Waals surface area contributed by atoms with E-state index in [-0.39, 0.29) is 5.92 Å². The van der Waals surface area contributed by atoms with Crippen molar-refractivity contribution in [3.8, 4) is 0 Å². The monoisotopic (exact) mass is 230 g/mol. The third-order valence-electron chi connectivity index (χ3n) is 1.63. The topological polar surface area (TPSA) is 82.0 Å². The van der Waals surface area contributed by atoms with Crippen LogP contribution in [0, 0.1) is 5.92 Å². The zero-order valence-corrected chi connectivity index (χ0v) is 10.5. The highest BCUT2D eigenvalue weighted by Crippen LogP contribution is 2.11. The Balaban J connectivity index is 4.59. The van der Waals surface area contributed by atoms with Gasteiger partial charge in [-0.3, -0.25) is 4.99 Å². The first-order valence-electron chi connectivity index (χ1n) is 5.28. The number of ether oxygens (including phenoxy) is 1. The summed E-state index contributed by atoms with van der Waals surface area (Å²) >= 11 is 0. The fourth-order valence-electron chi connectivity index (χ4n) is 1.07. The Morgan fingerprint density at radius 3 is 2.25 bits per heavy atom. The summed E-state index contributed by atoms with van der Waals surface area (Å²) in [5, 5.41) is 20.2. The second-order valence-electron chi connectivity index (χ2n) is 5.09. The Bertz CT molecular complexity index is 266. The van der Waals surface area contributed by atoms with Gasteiger partial charge < -0.3 is 14.9 Å². The highest BCUT2D eigenvalue weighted by molar-refractivity contribution is 5.76. The van der Waals surface area contributed by atoms with E-state index < -0.39 is 23.7 Å². The molecule has 0 rings (SSSR count). The van der Waals surface area contributed by atoms with Gasteiger partial charge in [-0.05, 0) is 12.3 Å². The van der Waals surface area contributed by atoms with E-state index in [0.717, 1.165) is 0 Å². The van der Waals surface area contributed by atoms with Gasteiger partial charge in [0.1, 0.15) is 12.1 Å². The zero-order chi connectivity index (χ0) is 12.9. The fourth-order valence-corrected chi connectivity index (χ4v) is 1.07. The second-order valence-corrected chi connectivity index (χ2v) is 5.09. The maximum atomic E-state index is 11.3. The van der Waals surface area contributed by atoms with Crippen LogP contribution < -0.4 is 5.11 Å². The van der Waals surface area contributed by atoms with E-state index in [4.69, 9.17) is 9.84 Å². The molecule has 5 heteroatoms. The third-order valence-corrected chi connectivity index (χ3v) is 1.63. The van der Waals surface area contributed by atoms with Crippen LogP contribution in [0.25, 0.3) is 0 Å². The molecule has 0 bridgehead atoms. The number of aliphatic carboxylic acids is 1. The molecule has 0 amide bonds. The average Bonchev–Trinajstić information content (AvgIpc) is 1.97. The molecule has 0 saturated carbocycles. The van der Waals surface area contributed by atoms with Gasteiger partial charge in [0.2, 0.25) is 0 Å². The first-order chi connectivity index (χ1) is 7.11. The van der Waals surface area contributed by atoms with E-state index in [9.17, 15) is 9.90 Å². The maximum absolute atomic E-state index is 11.3. The largest absolute Gasteiger partial charge is 0.595 e. The van der Waals surface area contributed by atoms with E-state index in [2.05, 4.69) is 4.99 Å². The lowest BCUT2D eigenvalue weighted by Crippen LogP contribution is -2.34. The van der Waals surface area contributed by atoms with Gasteiger partial charge in [0.25, 0.3) is 0 Å². The molecule has 1 atom stereocenters. The van der Waals surface area contributed by atoms with Gasteiger partial charge >= 0.3 is 5.97 Å². The van der Waals surface area contributed by atoms with Crippen LogP contribution in [0.1, 0.15) is 41.0 Å². The van der Waals surface area contributed by atoms with Crippen LogP contribution in [0.2, 0.25) is 0 Å². The van der Waals surface area contributed by atoms with Gasteiger partial charge in [0, 0.05) is 5.60 Å². The second kappa shape index (κ2) is 5.72. The number of hydrogen-bond donors (Lipinski definition) is 1. The molecular weight excluding hydrogens is 210 g/mol. The van der Waals surface area contributed by atoms with Crippen molar-refractivity contribution in [2.75, 3.05) is 0 Å². The fraction of sp³-hybridized carbons (Fsp3) is 0.818. The Morgan fingerprint density at radius 1 is 1.44 bits per heavy atom. The van der Waals surface area contributed by atoms with Crippen molar-refractivity contribution >= 4 is 12.1 Å². The molecule has 1 unspecified atom stereocenters. The summed E-state index contributed by atoms with van der Waals surface area (Å²) in [6.07, 6.45) is -0.491. The van der Waals surface area contributed by atoms with Crippen LogP contribution >= 0.6 is 0 Å². The van der Waals surface area contributed by atoms with Crippen molar-refractivity contribution in [1.29, 1.82) is 0 Å². The Morgan fingerprint density at radius 2 is 1.94 bits per heavy atom. The number of nitrogens with zero attached hydrogens (tertiary/aromatic N) is 1. The molecule has 0 radical (unpaired) electrons. The molecule has 0 aromatic heterocycles. The van der Waals surface area contributed by atoms with Crippen molar-refractivity contribution in [2.45, 2.75) is 52.7 Å². The standard InChI is InChI=1S/C11H21NO4/c1-7(2)6-8(9(13)14)12-10(15)16-11(3,4)5/h7-8H,6H2,1-5H3,(H,12,15)(H,13,14)/p-1. The molecule has 0 aliphatic rings. The lowest BCUT2D eigenvalue weighted by Gasteiger charge is -2.30. The predicted molar refractivity (Wildman–Crippen MR) is 59.2 cm³/mol. The van der Waals surface area contributed by atoms with Crippen molar-refractivity contribution < 1.29 is 19.7 Å². The Labute approximate surface area is 96.1 Å². The molecule has 94 valence electrons. The highest BCUT2D eigenvalue weighted by atomic mass is 16.6. The van der Waals surface area contributed by atoms with Gasteiger partial charge in [-0.25, -0.2) is 4.79 Å². The number of rotatable bonds is 4. The third kappa shape index (κ3) is 7.09. The molecule has 0 spiro atoms. The van der Waals surface area contributed by atoms with Gasteiger partial charge in [0.15, 0.2) is 0 Å². The molecule has 5 nitrogen and oxygen atoms in total. The van der Waals surface area contributed by atoms with Crippen molar-refractivity contribution in [1.82, 2.24) is 0 Å². The summed E-state index contributed by atoms with van der Waals surface area (Å²) < 4.78 is 4.93. The zero-order valence-electron chi connectivity index (χ0n) is 10.5. The van der Waals surface area contributed by atoms with Gasteiger partial charge in [-0.2, -0.15) is 0 Å². The lowest BCUT2D eigenvalue weighted by atomic mass is 10.0. The van der Waals surface area contributed by atoms with Gasteiger partial charge in [0.05, 0.1) is 0 Å². The van der Waals surface area contributed by atoms with Crippen molar-refractivity contribution in [3.05, 3.63) is 0 Å². The molecule has 0 aliphatic carbocycles. The summed E-state index contributed by atoms with van der Waals surface area (Å²) in [6.45, 7) is 8.87. The summed E-state index contributed by atoms with van der Waals surface area (Å²) in [6, 6.07) is -1.02. The minimum absolute atomic E-state index is 0.160. The molecule has 0 aromatic carbocycles. The molecular formula is C11H20NO4-. The summed E-state index contributed by atoms with van der Waals surface area (Å²) in [4.78, 5) is 14.4. The molecule has 16 heavy (non-hydrogen) atoms. The summed E-state index contributed by atoms with van der Waals surface area (Å²) in [5.41, 5.74) is -0.651. The Hall–Kier alpha value is -1.26. The van der Waals surface area contributed by atoms with Crippen LogP contribution in [0.5, 0.6) is 0 Å². The highest BCUT2D eigenvalue weighted by Gasteiger charge is 2.18. The van der Waals surface area contributed by atoms with Gasteiger partial charge in [-0.1, -0.05) is 34.6 Å². The molecule has 0 saturated heterocycles. The number of aliphatic imine (C=N–C) groups is 1. The normalized spacial score (nSPS) is 15.0. The van der Waals surface area contributed by atoms with Crippen LogP contribution in [0.4, 0.5) is 0 Å². The predicted octanol–water partition coefficient (Wildman–Crippen LogP) is 1.02. The van der Waals surface area contributed by atoms with Crippen LogP contribution in [0.15, 0.2) is 4.99 Å². The first-order valence-corrected chi connectivity index (χ1v) is 5.28. The quantitative estimate of drug-likeness (QED) is 0.577. The Kier molecular flexibility index (Phi) is 5.27. The molecule has 1 N–H and O–H groups in total. The van der Waals surface area contributed by atoms with Crippen LogP contribution in [0.3, 0.4) is 0 Å². The van der Waals surface area contributed by atoms with E-state index in [1.54, 1.807) is 20.8 Å². The molecule has 0 fully saturated rings. The molecule has 0 aromatic rings. The number of hydrogen-bond acceptors (Lipinski definition) is 4. The van der Waals surface area contributed by atoms with Crippen molar-refractivity contribution in [2.24, 2.45) is 10.9 Å². The maximum Gasteiger partial charge on any atom is 0.328 e. The van der Waals surface area contributed by atoms with E-state index in [1.807, 2.05) is 13.8 Å². The number of carbonyl (C=O) groups is 1. The minimum Gasteiger partial charge on any atom is -0.595 e. The number of carboxylic acid groups (broad SMARTS) is 1. The summed E-state index contributed by atoms with van der Waals surface area (Å²) in [5.74, 6) is -0.938. The smallest absolute Gasteiger partial charge is 0.328 e. The first kappa shape index (κ1) is 14.7. The van der Waals surface area contributed by atoms with Crippen molar-refractivity contribution in [3.63, 3.8) is 0 Å². The minimum atomic E-state index is -1.10. The van der Waals surface area contributed by atoms with Crippen LogP contribution in [-0.2, 0) is 9.53 Å². The SMILES string of the molecule is CC(C)CC(N=C([O-])OC(C)(C)C)C(=O)O.